The number of aromatic hydroxyl groups is 1. The molecule has 5 rings (SSSR count). The molecule has 210 valence electrons. The molecule has 4 nitrogen and oxygen atoms in total. The van der Waals surface area contributed by atoms with Crippen LogP contribution < -0.4 is 5.30 Å². The quantitative estimate of drug-likeness (QED) is 0.161. The first-order valence-corrected chi connectivity index (χ1v) is 15.5. The predicted molar refractivity (Wildman–Crippen MR) is 169 cm³/mol. The lowest BCUT2D eigenvalue weighted by Crippen LogP contribution is -2.31. The molecule has 1 N–H and O–H groups in total. The van der Waals surface area contributed by atoms with Crippen molar-refractivity contribution in [3.05, 3.63) is 130 Å². The Morgan fingerprint density at radius 1 is 0.780 bits per heavy atom. The monoisotopic (exact) mass is 563 g/mol. The normalized spacial score (nSPS) is 15.6. The highest BCUT2D eigenvalue weighted by atomic mass is 31.1. The van der Waals surface area contributed by atoms with Gasteiger partial charge in [0.05, 0.1) is 5.56 Å². The van der Waals surface area contributed by atoms with E-state index >= 15 is 0 Å². The molecular weight excluding hydrogens is 525 g/mol. The van der Waals surface area contributed by atoms with Crippen LogP contribution in [0.4, 0.5) is 0 Å². The Morgan fingerprint density at radius 3 is 2.00 bits per heavy atom. The van der Waals surface area contributed by atoms with Crippen LogP contribution in [0.2, 0.25) is 0 Å². The zero-order valence-electron chi connectivity index (χ0n) is 23.9. The first-order valence-electron chi connectivity index (χ1n) is 14.5. The molecular formula is C36H38NO3P. The van der Waals surface area contributed by atoms with E-state index in [-0.39, 0.29) is 22.9 Å². The van der Waals surface area contributed by atoms with Crippen LogP contribution in [0, 0.1) is 0 Å². The zero-order valence-corrected chi connectivity index (χ0v) is 24.9. The molecule has 0 spiro atoms. The molecule has 1 aliphatic rings. The van der Waals surface area contributed by atoms with Crippen molar-refractivity contribution >= 4 is 25.5 Å². The molecule has 0 aromatic heterocycles. The van der Waals surface area contributed by atoms with E-state index in [1.54, 1.807) is 42.5 Å². The number of benzene rings is 4. The van der Waals surface area contributed by atoms with Crippen LogP contribution >= 0.6 is 8.58 Å². The number of carbonyl (C=O) groups is 2. The van der Waals surface area contributed by atoms with Crippen LogP contribution in [0.1, 0.15) is 82.5 Å². The van der Waals surface area contributed by atoms with Crippen LogP contribution in [0.5, 0.6) is 5.75 Å². The summed E-state index contributed by atoms with van der Waals surface area (Å²) in [6.45, 7) is 7.42. The third kappa shape index (κ3) is 6.50. The molecule has 0 saturated carbocycles. The van der Waals surface area contributed by atoms with Crippen LogP contribution in [-0.2, 0) is 11.7 Å². The first kappa shape index (κ1) is 28.9. The molecule has 4 aromatic carbocycles. The van der Waals surface area contributed by atoms with Crippen molar-refractivity contribution in [1.29, 1.82) is 0 Å². The Hall–Kier alpha value is -3.59. The molecule has 2 unspecified atom stereocenters. The lowest BCUT2D eigenvalue weighted by Gasteiger charge is -2.33. The van der Waals surface area contributed by atoms with Gasteiger partial charge in [-0.1, -0.05) is 114 Å². The Morgan fingerprint density at radius 2 is 1.37 bits per heavy atom. The van der Waals surface area contributed by atoms with E-state index in [1.165, 1.54) is 30.1 Å². The van der Waals surface area contributed by atoms with Crippen LogP contribution in [-0.4, -0.2) is 34.7 Å². The van der Waals surface area contributed by atoms with Gasteiger partial charge in [0.15, 0.2) is 11.6 Å². The highest BCUT2D eigenvalue weighted by molar-refractivity contribution is 7.48. The molecule has 2 atom stereocenters. The zero-order chi connectivity index (χ0) is 28.8. The number of nitrogens with zero attached hydrogens (tertiary/aromatic N) is 1. The molecule has 4 aromatic rings. The maximum absolute atomic E-state index is 13.7. The van der Waals surface area contributed by atoms with Gasteiger partial charge in [-0.25, -0.2) is 0 Å². The van der Waals surface area contributed by atoms with Gasteiger partial charge < -0.3 is 5.11 Å². The van der Waals surface area contributed by atoms with Crippen molar-refractivity contribution in [2.45, 2.75) is 51.2 Å². The summed E-state index contributed by atoms with van der Waals surface area (Å²) in [7, 11) is 0.346. The lowest BCUT2D eigenvalue weighted by atomic mass is 9.88. The fraction of sp³-hybridized carbons (Fsp3) is 0.278. The summed E-state index contributed by atoms with van der Waals surface area (Å²) >= 11 is 0. The second kappa shape index (κ2) is 12.9. The van der Waals surface area contributed by atoms with Gasteiger partial charge in [-0.2, -0.15) is 0 Å². The van der Waals surface area contributed by atoms with Crippen molar-refractivity contribution in [3.63, 3.8) is 0 Å². The Kier molecular flexibility index (Phi) is 9.12. The number of piperidine rings is 1. The van der Waals surface area contributed by atoms with Crippen LogP contribution in [0.15, 0.2) is 97.1 Å². The average Bonchev–Trinajstić information content (AvgIpc) is 3.02. The number of ketones is 2. The third-order valence-electron chi connectivity index (χ3n) is 8.26. The molecule has 1 heterocycles. The molecule has 5 heteroatoms. The van der Waals surface area contributed by atoms with Crippen LogP contribution in [0.3, 0.4) is 0 Å². The number of likely N-dealkylation sites (tertiary alicyclic amines) is 1. The molecule has 0 bridgehead atoms. The van der Waals surface area contributed by atoms with Gasteiger partial charge in [-0.15, -0.1) is 0 Å². The van der Waals surface area contributed by atoms with E-state index in [4.69, 9.17) is 0 Å². The van der Waals surface area contributed by atoms with Crippen molar-refractivity contribution in [2.75, 3.05) is 13.1 Å². The van der Waals surface area contributed by atoms with Gasteiger partial charge in [0.1, 0.15) is 5.75 Å². The predicted octanol–water partition coefficient (Wildman–Crippen LogP) is 7.47. The minimum Gasteiger partial charge on any atom is -0.507 e. The van der Waals surface area contributed by atoms with E-state index in [0.29, 0.717) is 30.8 Å². The summed E-state index contributed by atoms with van der Waals surface area (Å²) in [6.07, 6.45) is 4.52. The number of phenolic OH excluding ortho intramolecular Hbond substituents is 1. The van der Waals surface area contributed by atoms with E-state index in [1.807, 2.05) is 30.3 Å². The highest BCUT2D eigenvalue weighted by Crippen LogP contribution is 2.49. The second-order valence-corrected chi connectivity index (χ2v) is 13.0. The maximum atomic E-state index is 13.7. The summed E-state index contributed by atoms with van der Waals surface area (Å²) in [6, 6.07) is 30.0. The Balaban J connectivity index is 1.59. The summed E-state index contributed by atoms with van der Waals surface area (Å²) < 4.78 is 0. The largest absolute Gasteiger partial charge is 0.507 e. The molecule has 41 heavy (non-hydrogen) atoms. The molecule has 0 amide bonds. The highest BCUT2D eigenvalue weighted by Gasteiger charge is 2.33. The number of rotatable bonds is 10. The lowest BCUT2D eigenvalue weighted by molar-refractivity contribution is 0.103. The number of hydrogen-bond donors (Lipinski definition) is 1. The minimum atomic E-state index is -0.485. The van der Waals surface area contributed by atoms with Gasteiger partial charge in [0.25, 0.3) is 0 Å². The van der Waals surface area contributed by atoms with Crippen molar-refractivity contribution in [1.82, 2.24) is 4.90 Å². The Bertz CT molecular complexity index is 1510. The van der Waals surface area contributed by atoms with Gasteiger partial charge in [-0.05, 0) is 55.4 Å². The molecule has 1 fully saturated rings. The maximum Gasteiger partial charge on any atom is 0.196 e. The van der Waals surface area contributed by atoms with E-state index in [2.05, 4.69) is 43.0 Å². The summed E-state index contributed by atoms with van der Waals surface area (Å²) in [5.41, 5.74) is 3.56. The van der Waals surface area contributed by atoms with E-state index in [0.717, 1.165) is 26.1 Å². The van der Waals surface area contributed by atoms with Crippen molar-refractivity contribution in [2.24, 2.45) is 0 Å². The number of phenols is 1. The molecule has 0 radical (unpaired) electrons. The number of carbonyl (C=O) groups excluding carboxylic acids is 2. The molecule has 0 aliphatic carbocycles. The van der Waals surface area contributed by atoms with Gasteiger partial charge in [-0.3, -0.25) is 14.5 Å². The number of hydrogen-bond acceptors (Lipinski definition) is 4. The SMILES string of the molecule is CCC(C)(Pc1ccccc1CN1CCCCC1)c1cc(C(=O)c2ccccc2)cc(C(=O)c2ccccc2)c1O. The topological polar surface area (TPSA) is 57.6 Å². The standard InChI is InChI=1S/C36H38NO3P/c1-3-36(2,41-32-20-12-11-19-28(32)25-37-21-13-6-14-22-37)31-24-29(33(38)26-15-7-4-8-16-26)23-30(35(31)40)34(39)27-17-9-5-10-18-27/h4-5,7-12,15-20,23-24,40-41H,3,6,13-14,21-22,25H2,1-2H3. The van der Waals surface area contributed by atoms with Crippen molar-refractivity contribution in [3.8, 4) is 5.75 Å². The minimum absolute atomic E-state index is 0.0335. The summed E-state index contributed by atoms with van der Waals surface area (Å²) in [5.74, 6) is -0.491. The van der Waals surface area contributed by atoms with E-state index in [9.17, 15) is 14.7 Å². The summed E-state index contributed by atoms with van der Waals surface area (Å²) in [5, 5.41) is 12.5. The van der Waals surface area contributed by atoms with Crippen LogP contribution in [0.25, 0.3) is 0 Å². The third-order valence-corrected chi connectivity index (χ3v) is 10.2. The first-order chi connectivity index (χ1) is 19.9. The Labute approximate surface area is 245 Å². The van der Waals surface area contributed by atoms with Gasteiger partial charge in [0.2, 0.25) is 0 Å². The average molecular weight is 564 g/mol. The van der Waals surface area contributed by atoms with Gasteiger partial charge in [0, 0.05) is 34.0 Å². The second-order valence-electron chi connectivity index (χ2n) is 11.1. The fourth-order valence-electron chi connectivity index (χ4n) is 5.64. The fourth-order valence-corrected chi connectivity index (χ4v) is 7.24. The summed E-state index contributed by atoms with van der Waals surface area (Å²) in [4.78, 5) is 29.9. The molecule has 1 saturated heterocycles. The molecule has 1 aliphatic heterocycles. The van der Waals surface area contributed by atoms with Gasteiger partial charge >= 0.3 is 0 Å². The van der Waals surface area contributed by atoms with E-state index < -0.39 is 5.16 Å². The van der Waals surface area contributed by atoms with Crippen molar-refractivity contribution < 1.29 is 14.7 Å². The smallest absolute Gasteiger partial charge is 0.196 e.